The molecule has 2 aromatic carbocycles. The van der Waals surface area contributed by atoms with Crippen LogP contribution in [-0.4, -0.2) is 7.11 Å². The van der Waals surface area contributed by atoms with E-state index >= 15 is 0 Å². The third-order valence-electron chi connectivity index (χ3n) is 5.37. The molecule has 1 aliphatic carbocycles. The molecule has 0 bridgehead atoms. The molecule has 0 aromatic heterocycles. The average molecular weight is 308 g/mol. The van der Waals surface area contributed by atoms with Crippen LogP contribution in [0.3, 0.4) is 0 Å². The van der Waals surface area contributed by atoms with Gasteiger partial charge in [-0.25, -0.2) is 0 Å². The van der Waals surface area contributed by atoms with Crippen molar-refractivity contribution in [2.75, 3.05) is 7.11 Å². The molecule has 0 saturated heterocycles. The SMILES string of the molecule is CCC(C)CC1CC=C(c2ccc3cc(OC)ccc3c2)CC1. The molecule has 1 nitrogen and oxygen atoms in total. The predicted molar refractivity (Wildman–Crippen MR) is 99.9 cm³/mol. The molecule has 1 heteroatoms. The summed E-state index contributed by atoms with van der Waals surface area (Å²) in [7, 11) is 1.72. The molecule has 0 N–H and O–H groups in total. The zero-order chi connectivity index (χ0) is 16.2. The van der Waals surface area contributed by atoms with Crippen molar-refractivity contribution in [1.29, 1.82) is 0 Å². The van der Waals surface area contributed by atoms with Crippen LogP contribution in [0.4, 0.5) is 0 Å². The first-order valence-electron chi connectivity index (χ1n) is 8.96. The zero-order valence-electron chi connectivity index (χ0n) is 14.6. The fraction of sp³-hybridized carbons (Fsp3) is 0.455. The molecule has 0 heterocycles. The second-order valence-electron chi connectivity index (χ2n) is 7.05. The van der Waals surface area contributed by atoms with E-state index in [9.17, 15) is 0 Å². The van der Waals surface area contributed by atoms with Crippen molar-refractivity contribution in [3.63, 3.8) is 0 Å². The molecular weight excluding hydrogens is 280 g/mol. The standard InChI is InChI=1S/C22H28O/c1-4-16(2)13-17-5-7-18(8-6-17)19-9-10-21-15-22(23-3)12-11-20(21)14-19/h7,9-12,14-17H,4-6,8,13H2,1-3H3. The van der Waals surface area contributed by atoms with Gasteiger partial charge in [-0.15, -0.1) is 0 Å². The first kappa shape index (κ1) is 16.1. The molecule has 1 aliphatic rings. The number of methoxy groups -OCH3 is 1. The molecule has 0 amide bonds. The van der Waals surface area contributed by atoms with Gasteiger partial charge in [-0.2, -0.15) is 0 Å². The second-order valence-corrected chi connectivity index (χ2v) is 7.05. The van der Waals surface area contributed by atoms with E-state index in [1.165, 1.54) is 54.0 Å². The Hall–Kier alpha value is -1.76. The highest BCUT2D eigenvalue weighted by Crippen LogP contribution is 2.35. The van der Waals surface area contributed by atoms with Gasteiger partial charge in [0.25, 0.3) is 0 Å². The van der Waals surface area contributed by atoms with Crippen LogP contribution in [0.2, 0.25) is 0 Å². The Bertz CT molecular complexity index is 698. The minimum atomic E-state index is 0.866. The summed E-state index contributed by atoms with van der Waals surface area (Å²) in [5.41, 5.74) is 2.92. The Morgan fingerprint density at radius 3 is 2.61 bits per heavy atom. The smallest absolute Gasteiger partial charge is 0.119 e. The molecule has 3 rings (SSSR count). The van der Waals surface area contributed by atoms with E-state index in [-0.39, 0.29) is 0 Å². The highest BCUT2D eigenvalue weighted by molar-refractivity contribution is 5.87. The molecule has 0 spiro atoms. The molecule has 2 unspecified atom stereocenters. The van der Waals surface area contributed by atoms with Gasteiger partial charge in [0.05, 0.1) is 7.11 Å². The highest BCUT2D eigenvalue weighted by Gasteiger charge is 2.17. The first-order valence-corrected chi connectivity index (χ1v) is 8.96. The van der Waals surface area contributed by atoms with E-state index in [2.05, 4.69) is 50.3 Å². The molecule has 2 aromatic rings. The van der Waals surface area contributed by atoms with Crippen molar-refractivity contribution in [3.8, 4) is 5.75 Å². The normalized spacial score (nSPS) is 19.4. The highest BCUT2D eigenvalue weighted by atomic mass is 16.5. The van der Waals surface area contributed by atoms with Crippen molar-refractivity contribution in [1.82, 2.24) is 0 Å². The summed E-state index contributed by atoms with van der Waals surface area (Å²) in [6, 6.07) is 13.1. The van der Waals surface area contributed by atoms with E-state index in [0.29, 0.717) is 0 Å². The van der Waals surface area contributed by atoms with Crippen LogP contribution in [0.15, 0.2) is 42.5 Å². The molecule has 0 saturated carbocycles. The van der Waals surface area contributed by atoms with Crippen molar-refractivity contribution < 1.29 is 4.74 Å². The minimum Gasteiger partial charge on any atom is -0.497 e. The van der Waals surface area contributed by atoms with E-state index in [1.807, 2.05) is 6.07 Å². The molecule has 0 radical (unpaired) electrons. The first-order chi connectivity index (χ1) is 11.2. The molecule has 122 valence electrons. The fourth-order valence-electron chi connectivity index (χ4n) is 3.65. The van der Waals surface area contributed by atoms with Crippen LogP contribution in [0.25, 0.3) is 16.3 Å². The Labute approximate surface area is 140 Å². The van der Waals surface area contributed by atoms with Crippen LogP contribution in [0, 0.1) is 11.8 Å². The van der Waals surface area contributed by atoms with Gasteiger partial charge in [0, 0.05) is 0 Å². The van der Waals surface area contributed by atoms with Gasteiger partial charge < -0.3 is 4.74 Å². The number of benzene rings is 2. The van der Waals surface area contributed by atoms with Gasteiger partial charge in [0.2, 0.25) is 0 Å². The third-order valence-corrected chi connectivity index (χ3v) is 5.37. The van der Waals surface area contributed by atoms with E-state index in [1.54, 1.807) is 7.11 Å². The summed E-state index contributed by atoms with van der Waals surface area (Å²) in [6.45, 7) is 4.69. The van der Waals surface area contributed by atoms with Crippen molar-refractivity contribution in [3.05, 3.63) is 48.0 Å². The Morgan fingerprint density at radius 2 is 1.91 bits per heavy atom. The van der Waals surface area contributed by atoms with Gasteiger partial charge in [0.1, 0.15) is 5.75 Å². The number of hydrogen-bond donors (Lipinski definition) is 0. The lowest BCUT2D eigenvalue weighted by molar-refractivity contribution is 0.362. The van der Waals surface area contributed by atoms with Crippen LogP contribution >= 0.6 is 0 Å². The number of hydrogen-bond acceptors (Lipinski definition) is 1. The third kappa shape index (κ3) is 3.77. The van der Waals surface area contributed by atoms with E-state index in [4.69, 9.17) is 4.74 Å². The van der Waals surface area contributed by atoms with E-state index < -0.39 is 0 Å². The zero-order valence-corrected chi connectivity index (χ0v) is 14.6. The summed E-state index contributed by atoms with van der Waals surface area (Å²) in [5.74, 6) is 2.68. The number of fused-ring (bicyclic) bond motifs is 1. The largest absolute Gasteiger partial charge is 0.497 e. The fourth-order valence-corrected chi connectivity index (χ4v) is 3.65. The maximum Gasteiger partial charge on any atom is 0.119 e. The number of rotatable bonds is 5. The number of ether oxygens (including phenoxy) is 1. The molecular formula is C22H28O. The Kier molecular flexibility index (Phi) is 5.05. The predicted octanol–water partition coefficient (Wildman–Crippen LogP) is 6.47. The second kappa shape index (κ2) is 7.21. The summed E-state index contributed by atoms with van der Waals surface area (Å²) in [4.78, 5) is 0. The van der Waals surface area contributed by atoms with Gasteiger partial charge in [-0.05, 0) is 77.6 Å². The summed E-state index contributed by atoms with van der Waals surface area (Å²) in [6.07, 6.45) is 9.00. The van der Waals surface area contributed by atoms with Crippen molar-refractivity contribution in [2.24, 2.45) is 11.8 Å². The lowest BCUT2D eigenvalue weighted by Crippen LogP contribution is -2.09. The van der Waals surface area contributed by atoms with Crippen molar-refractivity contribution >= 4 is 16.3 Å². The summed E-state index contributed by atoms with van der Waals surface area (Å²) < 4.78 is 5.31. The van der Waals surface area contributed by atoms with Crippen LogP contribution in [-0.2, 0) is 0 Å². The van der Waals surface area contributed by atoms with Gasteiger partial charge in [0.15, 0.2) is 0 Å². The van der Waals surface area contributed by atoms with Gasteiger partial charge >= 0.3 is 0 Å². The maximum absolute atomic E-state index is 5.31. The molecule has 0 fully saturated rings. The van der Waals surface area contributed by atoms with Crippen LogP contribution < -0.4 is 4.74 Å². The summed E-state index contributed by atoms with van der Waals surface area (Å²) >= 11 is 0. The van der Waals surface area contributed by atoms with Crippen LogP contribution in [0.5, 0.6) is 5.75 Å². The topological polar surface area (TPSA) is 9.23 Å². The number of allylic oxidation sites excluding steroid dienone is 2. The van der Waals surface area contributed by atoms with Crippen molar-refractivity contribution in [2.45, 2.75) is 46.0 Å². The molecule has 23 heavy (non-hydrogen) atoms. The quantitative estimate of drug-likeness (QED) is 0.615. The Balaban J connectivity index is 1.76. The Morgan fingerprint density at radius 1 is 1.13 bits per heavy atom. The minimum absolute atomic E-state index is 0.866. The average Bonchev–Trinajstić information content (AvgIpc) is 2.61. The monoisotopic (exact) mass is 308 g/mol. The van der Waals surface area contributed by atoms with E-state index in [0.717, 1.165) is 17.6 Å². The molecule has 2 atom stereocenters. The summed E-state index contributed by atoms with van der Waals surface area (Å²) in [5, 5.41) is 2.55. The van der Waals surface area contributed by atoms with Gasteiger partial charge in [-0.3, -0.25) is 0 Å². The lowest BCUT2D eigenvalue weighted by atomic mass is 9.81. The lowest BCUT2D eigenvalue weighted by Gasteiger charge is -2.24. The molecule has 0 aliphatic heterocycles. The maximum atomic E-state index is 5.31. The van der Waals surface area contributed by atoms with Gasteiger partial charge in [-0.1, -0.05) is 44.5 Å². The van der Waals surface area contributed by atoms with Crippen LogP contribution in [0.1, 0.15) is 51.5 Å².